The van der Waals surface area contributed by atoms with Gasteiger partial charge in [0.05, 0.1) is 24.6 Å². The summed E-state index contributed by atoms with van der Waals surface area (Å²) in [7, 11) is 0. The van der Waals surface area contributed by atoms with E-state index in [4.69, 9.17) is 28.4 Å². The highest BCUT2D eigenvalue weighted by Gasteiger charge is 2.23. The van der Waals surface area contributed by atoms with Crippen LogP contribution in [0.2, 0.25) is 0 Å². The Labute approximate surface area is 259 Å². The molecule has 2 aliphatic heterocycles. The van der Waals surface area contributed by atoms with E-state index in [1.54, 1.807) is 61.0 Å². The molecule has 2 unspecified atom stereocenters. The van der Waals surface area contributed by atoms with E-state index in [9.17, 15) is 9.59 Å². The van der Waals surface area contributed by atoms with Gasteiger partial charge in [-0.3, -0.25) is 19.6 Å². The summed E-state index contributed by atoms with van der Waals surface area (Å²) < 4.78 is 32.1. The molecule has 2 fully saturated rings. The Kier molecular flexibility index (Phi) is 9.54. The number of hydrogen-bond donors (Lipinski definition) is 0. The van der Waals surface area contributed by atoms with Crippen molar-refractivity contribution in [2.24, 2.45) is 9.98 Å². The molecule has 0 spiro atoms. The maximum atomic E-state index is 12.3. The topological polar surface area (TPSA) is 121 Å². The van der Waals surface area contributed by atoms with Crippen LogP contribution in [0.25, 0.3) is 0 Å². The molecule has 2 aliphatic rings. The van der Waals surface area contributed by atoms with E-state index in [0.29, 0.717) is 24.7 Å². The van der Waals surface area contributed by atoms with Crippen LogP contribution in [-0.4, -0.2) is 63.0 Å². The summed E-state index contributed by atoms with van der Waals surface area (Å²) in [5.41, 5.74) is 3.18. The van der Waals surface area contributed by atoms with E-state index < -0.39 is 18.4 Å². The van der Waals surface area contributed by atoms with E-state index in [2.05, 4.69) is 9.98 Å². The van der Waals surface area contributed by atoms with Crippen LogP contribution < -0.4 is 18.9 Å². The van der Waals surface area contributed by atoms with Crippen LogP contribution in [0.4, 0.5) is 11.4 Å². The van der Waals surface area contributed by atoms with Crippen molar-refractivity contribution < 1.29 is 38.0 Å². The standard InChI is InChI=1S/C35H30N2O8/c38-34(44-30-9-1-24(2-10-30)18-36-26-5-13-28(14-6-26)40-20-32-22-42-32)17-35(39)45-31-11-3-25(4-12-31)19-37-27-7-15-29(16-8-27)41-21-33-23-43-33/h1-16,18-19,32-33H,17,20-23H2/b36-18+,37-19+. The highest BCUT2D eigenvalue weighted by Crippen LogP contribution is 2.22. The Morgan fingerprint density at radius 2 is 0.933 bits per heavy atom. The molecule has 6 rings (SSSR count). The molecule has 45 heavy (non-hydrogen) atoms. The lowest BCUT2D eigenvalue weighted by Gasteiger charge is -2.06. The van der Waals surface area contributed by atoms with Gasteiger partial charge in [-0.15, -0.1) is 0 Å². The molecule has 4 aromatic rings. The first-order chi connectivity index (χ1) is 22.0. The fraction of sp³-hybridized carbons (Fsp3) is 0.200. The first kappa shape index (κ1) is 29.7. The largest absolute Gasteiger partial charge is 0.491 e. The number of epoxide rings is 2. The SMILES string of the molecule is O=C(CC(=O)Oc1ccc(/C=N/c2ccc(OCC3CO3)cc2)cc1)Oc1ccc(/C=N/c2ccc(OCC3CO3)cc2)cc1. The molecule has 0 radical (unpaired) electrons. The second-order valence-corrected chi connectivity index (χ2v) is 10.3. The number of aliphatic imine (C=N–C) groups is 2. The van der Waals surface area contributed by atoms with E-state index in [-0.39, 0.29) is 12.2 Å². The monoisotopic (exact) mass is 606 g/mol. The van der Waals surface area contributed by atoms with Crippen LogP contribution in [-0.2, 0) is 19.1 Å². The first-order valence-electron chi connectivity index (χ1n) is 14.4. The zero-order valence-corrected chi connectivity index (χ0v) is 24.2. The lowest BCUT2D eigenvalue weighted by molar-refractivity contribution is -0.144. The summed E-state index contributed by atoms with van der Waals surface area (Å²) in [5.74, 6) is 0.705. The molecule has 0 saturated carbocycles. The van der Waals surface area contributed by atoms with Gasteiger partial charge < -0.3 is 28.4 Å². The zero-order valence-electron chi connectivity index (χ0n) is 24.2. The average molecular weight is 607 g/mol. The van der Waals surface area contributed by atoms with Gasteiger partial charge in [0, 0.05) is 12.4 Å². The quantitative estimate of drug-likeness (QED) is 0.0594. The summed E-state index contributed by atoms with van der Waals surface area (Å²) in [6.45, 7) is 2.62. The highest BCUT2D eigenvalue weighted by molar-refractivity contribution is 5.93. The Bertz CT molecular complexity index is 1520. The zero-order chi connectivity index (χ0) is 30.8. The average Bonchev–Trinajstić information content (AvgIpc) is 3.99. The van der Waals surface area contributed by atoms with Crippen molar-refractivity contribution in [2.45, 2.75) is 18.6 Å². The molecule has 0 bridgehead atoms. The van der Waals surface area contributed by atoms with Gasteiger partial charge in [-0.05, 0) is 108 Å². The van der Waals surface area contributed by atoms with E-state index in [0.717, 1.165) is 47.2 Å². The van der Waals surface area contributed by atoms with Crippen molar-refractivity contribution >= 4 is 35.7 Å². The van der Waals surface area contributed by atoms with Crippen LogP contribution in [0, 0.1) is 0 Å². The van der Waals surface area contributed by atoms with Crippen LogP contribution in [0.15, 0.2) is 107 Å². The number of ether oxygens (including phenoxy) is 6. The molecule has 4 aromatic carbocycles. The Balaban J connectivity index is 0.913. The number of hydrogen-bond acceptors (Lipinski definition) is 10. The normalized spacial score (nSPS) is 16.8. The second kappa shape index (κ2) is 14.4. The molecule has 10 nitrogen and oxygen atoms in total. The molecule has 228 valence electrons. The van der Waals surface area contributed by atoms with Crippen LogP contribution in [0.1, 0.15) is 17.5 Å². The van der Waals surface area contributed by atoms with Crippen molar-refractivity contribution in [1.29, 1.82) is 0 Å². The maximum Gasteiger partial charge on any atom is 0.322 e. The molecule has 0 aliphatic carbocycles. The van der Waals surface area contributed by atoms with E-state index >= 15 is 0 Å². The van der Waals surface area contributed by atoms with Gasteiger partial charge in [-0.25, -0.2) is 0 Å². The van der Waals surface area contributed by atoms with Crippen LogP contribution >= 0.6 is 0 Å². The Morgan fingerprint density at radius 3 is 1.29 bits per heavy atom. The molecule has 0 aromatic heterocycles. The van der Waals surface area contributed by atoms with Gasteiger partial charge in [-0.1, -0.05) is 0 Å². The second-order valence-electron chi connectivity index (χ2n) is 10.3. The van der Waals surface area contributed by atoms with E-state index in [1.807, 2.05) is 48.5 Å². The number of esters is 2. The van der Waals surface area contributed by atoms with Crippen molar-refractivity contribution in [2.75, 3.05) is 26.4 Å². The third kappa shape index (κ3) is 9.85. The van der Waals surface area contributed by atoms with Crippen LogP contribution in [0.3, 0.4) is 0 Å². The minimum Gasteiger partial charge on any atom is -0.491 e. The minimum absolute atomic E-state index is 0.207. The van der Waals surface area contributed by atoms with E-state index in [1.165, 1.54) is 0 Å². The van der Waals surface area contributed by atoms with Gasteiger partial charge in [0.25, 0.3) is 0 Å². The lowest BCUT2D eigenvalue weighted by Crippen LogP contribution is -2.18. The molecular formula is C35H30N2O8. The number of carbonyl (C=O) groups excluding carboxylic acids is 2. The van der Waals surface area contributed by atoms with Gasteiger partial charge >= 0.3 is 11.9 Å². The number of rotatable bonds is 14. The van der Waals surface area contributed by atoms with Gasteiger partial charge in [0.1, 0.15) is 54.8 Å². The summed E-state index contributed by atoms with van der Waals surface area (Å²) in [6.07, 6.45) is 3.28. The predicted molar refractivity (Wildman–Crippen MR) is 167 cm³/mol. The Hall–Kier alpha value is -5.32. The highest BCUT2D eigenvalue weighted by atomic mass is 16.6. The fourth-order valence-corrected chi connectivity index (χ4v) is 3.96. The summed E-state index contributed by atoms with van der Waals surface area (Å²) in [6, 6.07) is 28.5. The minimum atomic E-state index is -0.724. The molecular weight excluding hydrogens is 576 g/mol. The summed E-state index contributed by atoms with van der Waals surface area (Å²) in [5, 5.41) is 0. The molecule has 2 atom stereocenters. The van der Waals surface area contributed by atoms with Crippen molar-refractivity contribution in [3.05, 3.63) is 108 Å². The molecule has 0 N–H and O–H groups in total. The summed E-state index contributed by atoms with van der Waals surface area (Å²) in [4.78, 5) is 33.5. The fourth-order valence-electron chi connectivity index (χ4n) is 3.96. The van der Waals surface area contributed by atoms with Crippen molar-refractivity contribution in [1.82, 2.24) is 0 Å². The number of nitrogens with zero attached hydrogens (tertiary/aromatic N) is 2. The maximum absolute atomic E-state index is 12.3. The predicted octanol–water partition coefficient (Wildman–Crippen LogP) is 5.64. The molecule has 2 saturated heterocycles. The molecule has 10 heteroatoms. The van der Waals surface area contributed by atoms with Crippen molar-refractivity contribution in [3.63, 3.8) is 0 Å². The van der Waals surface area contributed by atoms with Gasteiger partial charge in [0.15, 0.2) is 0 Å². The number of carbonyl (C=O) groups is 2. The smallest absolute Gasteiger partial charge is 0.322 e. The summed E-state index contributed by atoms with van der Waals surface area (Å²) >= 11 is 0. The third-order valence-electron chi connectivity index (χ3n) is 6.59. The number of benzene rings is 4. The van der Waals surface area contributed by atoms with Crippen LogP contribution in [0.5, 0.6) is 23.0 Å². The molecule has 2 heterocycles. The molecule has 0 amide bonds. The Morgan fingerprint density at radius 1 is 0.578 bits per heavy atom. The van der Waals surface area contributed by atoms with Crippen molar-refractivity contribution in [3.8, 4) is 23.0 Å². The van der Waals surface area contributed by atoms with Gasteiger partial charge in [0.2, 0.25) is 0 Å². The van der Waals surface area contributed by atoms with Gasteiger partial charge in [-0.2, -0.15) is 0 Å². The third-order valence-corrected chi connectivity index (χ3v) is 6.59. The first-order valence-corrected chi connectivity index (χ1v) is 14.4. The lowest BCUT2D eigenvalue weighted by atomic mass is 10.2.